The first-order chi connectivity index (χ1) is 13.5. The fourth-order valence-electron chi connectivity index (χ4n) is 2.14. The number of benzene rings is 2. The van der Waals surface area contributed by atoms with E-state index in [0.29, 0.717) is 34.6 Å². The number of rotatable bonds is 10. The van der Waals surface area contributed by atoms with Crippen LogP contribution in [0.5, 0.6) is 5.75 Å². The van der Waals surface area contributed by atoms with Gasteiger partial charge in [-0.1, -0.05) is 41.4 Å². The van der Waals surface area contributed by atoms with Crippen LogP contribution in [0.25, 0.3) is 6.08 Å². The molecule has 0 amide bonds. The summed E-state index contributed by atoms with van der Waals surface area (Å²) in [5.74, 6) is 0.588. The Balaban J connectivity index is 1.68. The molecular weight excluding hydrogens is 423 g/mol. The van der Waals surface area contributed by atoms with E-state index in [4.69, 9.17) is 27.9 Å². The maximum atomic E-state index is 11.2. The van der Waals surface area contributed by atoms with Gasteiger partial charge in [-0.05, 0) is 42.0 Å². The molecule has 0 aliphatic carbocycles. The van der Waals surface area contributed by atoms with Crippen LogP contribution in [-0.4, -0.2) is 42.2 Å². The molecule has 0 bridgehead atoms. The van der Waals surface area contributed by atoms with E-state index in [1.54, 1.807) is 36.4 Å². The van der Waals surface area contributed by atoms with E-state index in [1.807, 2.05) is 18.2 Å². The van der Waals surface area contributed by atoms with E-state index in [-0.39, 0.29) is 6.61 Å². The molecule has 0 aliphatic heterocycles. The highest BCUT2D eigenvalue weighted by Crippen LogP contribution is 2.23. The van der Waals surface area contributed by atoms with E-state index in [0.717, 1.165) is 5.56 Å². The molecule has 2 unspecified atom stereocenters. The number of nitrogens with zero attached hydrogens (tertiary/aromatic N) is 1. The first-order valence-electron chi connectivity index (χ1n) is 8.44. The van der Waals surface area contributed by atoms with Gasteiger partial charge in [-0.15, -0.1) is 0 Å². The molecule has 0 saturated carbocycles. The molecular formula is C19H22Cl2N2O4S. The molecule has 0 saturated heterocycles. The Morgan fingerprint density at radius 1 is 1.21 bits per heavy atom. The lowest BCUT2D eigenvalue weighted by molar-refractivity contribution is 0.107. The summed E-state index contributed by atoms with van der Waals surface area (Å²) in [6.07, 6.45) is 3.19. The summed E-state index contributed by atoms with van der Waals surface area (Å²) in [5.41, 5.74) is 1.48. The number of hydrogen-bond donors (Lipinski definition) is 3. The normalized spacial score (nSPS) is 13.7. The molecule has 0 fully saturated rings. The Labute approximate surface area is 176 Å². The van der Waals surface area contributed by atoms with Crippen LogP contribution < -0.4 is 10.1 Å². The number of hydrogen-bond acceptors (Lipinski definition) is 6. The van der Waals surface area contributed by atoms with E-state index < -0.39 is 17.0 Å². The Morgan fingerprint density at radius 3 is 2.64 bits per heavy atom. The SMILES string of the molecule is CO[SH](=O)=Nc1ccc(OCC(O)CNC/C=C/c2ccc(Cl)c(Cl)c2)cc1. The lowest BCUT2D eigenvalue weighted by Crippen LogP contribution is -2.31. The Bertz CT molecular complexity index is 869. The maximum absolute atomic E-state index is 11.2. The topological polar surface area (TPSA) is 80.2 Å². The molecule has 2 N–H and O–H groups in total. The van der Waals surface area contributed by atoms with Crippen molar-refractivity contribution in [2.45, 2.75) is 6.10 Å². The number of aliphatic hydroxyl groups is 1. The molecule has 6 nitrogen and oxygen atoms in total. The Kier molecular flexibility index (Phi) is 9.77. The maximum Gasteiger partial charge on any atom is 0.156 e. The summed E-state index contributed by atoms with van der Waals surface area (Å²) in [7, 11) is -0.711. The Hall–Kier alpha value is -1.61. The second-order valence-corrected chi connectivity index (χ2v) is 7.57. The monoisotopic (exact) mass is 444 g/mol. The molecule has 0 aliphatic rings. The predicted octanol–water partition coefficient (Wildman–Crippen LogP) is 3.89. The Morgan fingerprint density at radius 2 is 1.96 bits per heavy atom. The van der Waals surface area contributed by atoms with Crippen LogP contribution in [0.2, 0.25) is 10.0 Å². The quantitative estimate of drug-likeness (QED) is 0.382. The molecule has 2 rings (SSSR count). The van der Waals surface area contributed by atoms with Gasteiger partial charge in [0.05, 0.1) is 22.8 Å². The minimum atomic E-state index is -2.04. The van der Waals surface area contributed by atoms with Crippen LogP contribution in [0.15, 0.2) is 52.9 Å². The number of aliphatic hydroxyl groups excluding tert-OH is 1. The highest BCUT2D eigenvalue weighted by molar-refractivity contribution is 7.69. The van der Waals surface area contributed by atoms with Crippen LogP contribution in [0, 0.1) is 0 Å². The molecule has 28 heavy (non-hydrogen) atoms. The van der Waals surface area contributed by atoms with E-state index >= 15 is 0 Å². The lowest BCUT2D eigenvalue weighted by Gasteiger charge is -2.12. The van der Waals surface area contributed by atoms with Crippen molar-refractivity contribution >= 4 is 45.8 Å². The van der Waals surface area contributed by atoms with Crippen LogP contribution in [0.1, 0.15) is 5.56 Å². The summed E-state index contributed by atoms with van der Waals surface area (Å²) in [6, 6.07) is 12.1. The molecule has 152 valence electrons. The van der Waals surface area contributed by atoms with Gasteiger partial charge in [-0.25, -0.2) is 4.21 Å². The summed E-state index contributed by atoms with van der Waals surface area (Å²) >= 11 is 11.8. The van der Waals surface area contributed by atoms with Gasteiger partial charge in [0.1, 0.15) is 18.5 Å². The van der Waals surface area contributed by atoms with Crippen LogP contribution in [0.4, 0.5) is 5.69 Å². The van der Waals surface area contributed by atoms with Crippen molar-refractivity contribution < 1.29 is 18.2 Å². The van der Waals surface area contributed by atoms with Gasteiger partial charge in [-0.3, -0.25) is 4.18 Å². The number of halogens is 2. The number of nitrogens with one attached hydrogen (secondary N) is 1. The highest BCUT2D eigenvalue weighted by atomic mass is 35.5. The first kappa shape index (κ1) is 22.7. The summed E-state index contributed by atoms with van der Waals surface area (Å²) in [4.78, 5) is 0. The zero-order valence-corrected chi connectivity index (χ0v) is 17.6. The third-order valence-electron chi connectivity index (χ3n) is 3.53. The smallest absolute Gasteiger partial charge is 0.156 e. The molecule has 0 heterocycles. The molecule has 0 aromatic heterocycles. The van der Waals surface area contributed by atoms with Gasteiger partial charge in [0.2, 0.25) is 0 Å². The third kappa shape index (κ3) is 8.18. The fourth-order valence-corrected chi connectivity index (χ4v) is 2.85. The predicted molar refractivity (Wildman–Crippen MR) is 115 cm³/mol. The average molecular weight is 445 g/mol. The zero-order chi connectivity index (χ0) is 20.4. The average Bonchev–Trinajstić information content (AvgIpc) is 2.69. The summed E-state index contributed by atoms with van der Waals surface area (Å²) in [6.45, 7) is 1.12. The van der Waals surface area contributed by atoms with Gasteiger partial charge in [0, 0.05) is 13.1 Å². The minimum absolute atomic E-state index is 0.145. The van der Waals surface area contributed by atoms with Crippen LogP contribution in [-0.2, 0) is 15.1 Å². The summed E-state index contributed by atoms with van der Waals surface area (Å²) < 4.78 is 25.2. The number of ether oxygens (including phenoxy) is 1. The summed E-state index contributed by atoms with van der Waals surface area (Å²) in [5, 5.41) is 14.1. The van der Waals surface area contributed by atoms with Crippen molar-refractivity contribution in [1.29, 1.82) is 0 Å². The first-order valence-corrected chi connectivity index (χ1v) is 10.3. The van der Waals surface area contributed by atoms with Gasteiger partial charge < -0.3 is 15.2 Å². The van der Waals surface area contributed by atoms with E-state index in [2.05, 4.69) is 13.9 Å². The second-order valence-electron chi connectivity index (χ2n) is 5.71. The van der Waals surface area contributed by atoms with Crippen molar-refractivity contribution in [3.05, 3.63) is 64.1 Å². The van der Waals surface area contributed by atoms with Gasteiger partial charge in [0.15, 0.2) is 10.9 Å². The van der Waals surface area contributed by atoms with Gasteiger partial charge in [-0.2, -0.15) is 4.36 Å². The largest absolute Gasteiger partial charge is 0.491 e. The van der Waals surface area contributed by atoms with Crippen molar-refractivity contribution in [3.63, 3.8) is 0 Å². The molecule has 9 heteroatoms. The van der Waals surface area contributed by atoms with E-state index in [1.165, 1.54) is 7.11 Å². The third-order valence-corrected chi connectivity index (χ3v) is 4.97. The lowest BCUT2D eigenvalue weighted by atomic mass is 10.2. The van der Waals surface area contributed by atoms with Crippen molar-refractivity contribution in [2.75, 3.05) is 26.8 Å². The molecule has 2 aromatic rings. The number of thiol groups is 1. The molecule has 2 atom stereocenters. The molecule has 0 spiro atoms. The van der Waals surface area contributed by atoms with Crippen LogP contribution in [0.3, 0.4) is 0 Å². The molecule has 2 aromatic carbocycles. The van der Waals surface area contributed by atoms with Gasteiger partial charge in [0.25, 0.3) is 0 Å². The zero-order valence-electron chi connectivity index (χ0n) is 15.2. The minimum Gasteiger partial charge on any atom is -0.491 e. The van der Waals surface area contributed by atoms with Crippen molar-refractivity contribution in [3.8, 4) is 5.75 Å². The van der Waals surface area contributed by atoms with Crippen molar-refractivity contribution in [1.82, 2.24) is 5.32 Å². The standard InChI is InChI=1S/C19H22Cl2N2O4S/c1-26-28(25)23-15-5-7-17(8-6-15)27-13-16(24)12-22-10-2-3-14-4-9-18(20)19(21)11-14/h2-9,11,16,22,24,28H,10,12-13H2,1H3/b3-2+. The van der Waals surface area contributed by atoms with Crippen molar-refractivity contribution in [2.24, 2.45) is 4.36 Å². The molecule has 0 radical (unpaired) electrons. The van der Waals surface area contributed by atoms with Gasteiger partial charge >= 0.3 is 0 Å². The fraction of sp³-hybridized carbons (Fsp3) is 0.263. The highest BCUT2D eigenvalue weighted by Gasteiger charge is 2.04. The van der Waals surface area contributed by atoms with Crippen LogP contribution >= 0.6 is 23.2 Å². The van der Waals surface area contributed by atoms with E-state index in [9.17, 15) is 9.32 Å². The second kappa shape index (κ2) is 12.1.